The molecular weight excluding hydrogens is 394 g/mol. The van der Waals surface area contributed by atoms with E-state index in [4.69, 9.17) is 4.52 Å². The largest absolute Gasteiger partial charge is 0.361 e. The van der Waals surface area contributed by atoms with E-state index in [0.717, 1.165) is 50.1 Å². The minimum Gasteiger partial charge on any atom is -0.361 e. The van der Waals surface area contributed by atoms with Crippen molar-refractivity contribution in [2.24, 2.45) is 4.99 Å². The lowest BCUT2D eigenvalue weighted by molar-refractivity contribution is 0.169. The maximum atomic E-state index is 12.2. The van der Waals surface area contributed by atoms with Crippen LogP contribution in [0, 0.1) is 6.92 Å². The molecule has 1 saturated heterocycles. The first-order valence-electron chi connectivity index (χ1n) is 9.48. The van der Waals surface area contributed by atoms with Crippen LogP contribution in [0.2, 0.25) is 0 Å². The van der Waals surface area contributed by atoms with Crippen LogP contribution in [0.15, 0.2) is 45.0 Å². The maximum absolute atomic E-state index is 12.2. The molecule has 158 valence electrons. The van der Waals surface area contributed by atoms with Crippen molar-refractivity contribution in [1.82, 2.24) is 30.0 Å². The molecule has 0 bridgehead atoms. The van der Waals surface area contributed by atoms with Gasteiger partial charge in [-0.05, 0) is 19.1 Å². The predicted molar refractivity (Wildman–Crippen MR) is 109 cm³/mol. The number of aromatic nitrogens is 2. The Morgan fingerprint density at radius 2 is 2.07 bits per heavy atom. The highest BCUT2D eigenvalue weighted by Gasteiger charge is 2.20. The summed E-state index contributed by atoms with van der Waals surface area (Å²) in [5.74, 6) is 1.59. The van der Waals surface area contributed by atoms with Gasteiger partial charge in [0, 0.05) is 71.3 Å². The summed E-state index contributed by atoms with van der Waals surface area (Å²) in [7, 11) is -1.82. The minimum absolute atomic E-state index is 0.155. The summed E-state index contributed by atoms with van der Waals surface area (Å²) in [6, 6.07) is 5.07. The molecular formula is C18H27N7O3S. The highest BCUT2D eigenvalue weighted by atomic mass is 32.2. The van der Waals surface area contributed by atoms with Crippen molar-refractivity contribution in [3.63, 3.8) is 0 Å². The molecule has 0 atom stereocenters. The SMILES string of the molecule is CN=C(NCCNS(=O)(=O)c1cccnc1)N1CCN(Cc2cc(C)on2)CC1. The second-order valence-electron chi connectivity index (χ2n) is 6.75. The lowest BCUT2D eigenvalue weighted by Crippen LogP contribution is -2.53. The summed E-state index contributed by atoms with van der Waals surface area (Å²) in [5, 5.41) is 7.26. The molecule has 2 aromatic rings. The second-order valence-corrected chi connectivity index (χ2v) is 8.52. The zero-order valence-electron chi connectivity index (χ0n) is 16.7. The lowest BCUT2D eigenvalue weighted by Gasteiger charge is -2.36. The van der Waals surface area contributed by atoms with E-state index in [2.05, 4.69) is 35.0 Å². The molecule has 11 heteroatoms. The minimum atomic E-state index is -3.55. The maximum Gasteiger partial charge on any atom is 0.242 e. The zero-order chi connectivity index (χ0) is 20.7. The van der Waals surface area contributed by atoms with E-state index in [-0.39, 0.29) is 11.4 Å². The molecule has 2 N–H and O–H groups in total. The van der Waals surface area contributed by atoms with Gasteiger partial charge in [0.05, 0.1) is 5.69 Å². The van der Waals surface area contributed by atoms with Gasteiger partial charge in [0.15, 0.2) is 5.96 Å². The van der Waals surface area contributed by atoms with E-state index in [1.807, 2.05) is 13.0 Å². The number of sulfonamides is 1. The van der Waals surface area contributed by atoms with Crippen molar-refractivity contribution in [3.8, 4) is 0 Å². The van der Waals surface area contributed by atoms with Crippen LogP contribution in [0.1, 0.15) is 11.5 Å². The standard InChI is InChI=1S/C18H27N7O3S/c1-15-12-16(23-28-15)14-24-8-10-25(11-9-24)18(19-2)21-6-7-22-29(26,27)17-4-3-5-20-13-17/h3-5,12-13,22H,6-11,14H2,1-2H3,(H,19,21). The molecule has 0 radical (unpaired) electrons. The molecule has 1 fully saturated rings. The van der Waals surface area contributed by atoms with Crippen molar-refractivity contribution < 1.29 is 12.9 Å². The first-order valence-corrected chi connectivity index (χ1v) is 11.0. The molecule has 1 aliphatic heterocycles. The van der Waals surface area contributed by atoms with Gasteiger partial charge in [-0.1, -0.05) is 5.16 Å². The molecule has 3 rings (SSSR count). The van der Waals surface area contributed by atoms with Crippen molar-refractivity contribution in [2.45, 2.75) is 18.4 Å². The van der Waals surface area contributed by atoms with Crippen LogP contribution in [0.5, 0.6) is 0 Å². The molecule has 3 heterocycles. The lowest BCUT2D eigenvalue weighted by atomic mass is 10.3. The van der Waals surface area contributed by atoms with Gasteiger partial charge in [-0.25, -0.2) is 13.1 Å². The van der Waals surface area contributed by atoms with E-state index in [0.29, 0.717) is 6.54 Å². The molecule has 29 heavy (non-hydrogen) atoms. The van der Waals surface area contributed by atoms with Gasteiger partial charge in [0.2, 0.25) is 10.0 Å². The van der Waals surface area contributed by atoms with E-state index in [1.54, 1.807) is 13.1 Å². The summed E-state index contributed by atoms with van der Waals surface area (Å²) in [5.41, 5.74) is 0.944. The van der Waals surface area contributed by atoms with Crippen molar-refractivity contribution in [1.29, 1.82) is 0 Å². The Labute approximate surface area is 171 Å². The fourth-order valence-electron chi connectivity index (χ4n) is 3.12. The molecule has 10 nitrogen and oxygen atoms in total. The Morgan fingerprint density at radius 3 is 2.69 bits per heavy atom. The van der Waals surface area contributed by atoms with Crippen molar-refractivity contribution in [3.05, 3.63) is 42.0 Å². The molecule has 1 aliphatic rings. The molecule has 0 aromatic carbocycles. The van der Waals surface area contributed by atoms with Crippen LogP contribution in [-0.4, -0.2) is 80.6 Å². The van der Waals surface area contributed by atoms with Crippen LogP contribution >= 0.6 is 0 Å². The number of nitrogens with one attached hydrogen (secondary N) is 2. The van der Waals surface area contributed by atoms with E-state index in [1.165, 1.54) is 18.5 Å². The Hall–Kier alpha value is -2.50. The number of pyridine rings is 1. The van der Waals surface area contributed by atoms with E-state index < -0.39 is 10.0 Å². The molecule has 0 saturated carbocycles. The highest BCUT2D eigenvalue weighted by molar-refractivity contribution is 7.89. The van der Waals surface area contributed by atoms with Gasteiger partial charge in [-0.3, -0.25) is 14.9 Å². The number of guanidine groups is 1. The third-order valence-electron chi connectivity index (χ3n) is 4.59. The summed E-state index contributed by atoms with van der Waals surface area (Å²) in [6.45, 7) is 6.79. The van der Waals surface area contributed by atoms with Gasteiger partial charge in [0.1, 0.15) is 10.7 Å². The highest BCUT2D eigenvalue weighted by Crippen LogP contribution is 2.09. The number of rotatable bonds is 7. The predicted octanol–water partition coefficient (Wildman–Crippen LogP) is 0.0495. The normalized spacial score (nSPS) is 16.2. The molecule has 0 spiro atoms. The summed E-state index contributed by atoms with van der Waals surface area (Å²) >= 11 is 0. The van der Waals surface area contributed by atoms with E-state index >= 15 is 0 Å². The van der Waals surface area contributed by atoms with E-state index in [9.17, 15) is 8.42 Å². The smallest absolute Gasteiger partial charge is 0.242 e. The average molecular weight is 422 g/mol. The summed E-state index contributed by atoms with van der Waals surface area (Å²) in [6.07, 6.45) is 2.87. The topological polar surface area (TPSA) is 116 Å². The molecule has 0 aliphatic carbocycles. The number of nitrogens with zero attached hydrogens (tertiary/aromatic N) is 5. The summed E-state index contributed by atoms with van der Waals surface area (Å²) in [4.78, 5) is 12.8. The van der Waals surface area contributed by atoms with Gasteiger partial charge >= 0.3 is 0 Å². The third kappa shape index (κ3) is 5.99. The van der Waals surface area contributed by atoms with Crippen LogP contribution in [0.25, 0.3) is 0 Å². The Bertz CT molecular complexity index is 907. The number of hydrogen-bond donors (Lipinski definition) is 2. The number of aliphatic imine (C=N–C) groups is 1. The van der Waals surface area contributed by atoms with Gasteiger partial charge in [-0.15, -0.1) is 0 Å². The molecule has 0 unspecified atom stereocenters. The fourth-order valence-corrected chi connectivity index (χ4v) is 4.12. The first-order chi connectivity index (χ1) is 14.0. The average Bonchev–Trinajstić information content (AvgIpc) is 3.14. The van der Waals surface area contributed by atoms with Gasteiger partial charge < -0.3 is 14.7 Å². The number of aryl methyl sites for hydroxylation is 1. The van der Waals surface area contributed by atoms with Gasteiger partial charge in [0.25, 0.3) is 0 Å². The zero-order valence-corrected chi connectivity index (χ0v) is 17.5. The van der Waals surface area contributed by atoms with Crippen LogP contribution < -0.4 is 10.0 Å². The molecule has 0 amide bonds. The number of hydrogen-bond acceptors (Lipinski definition) is 7. The summed E-state index contributed by atoms with van der Waals surface area (Å²) < 4.78 is 32.1. The number of piperazine rings is 1. The molecule has 2 aromatic heterocycles. The van der Waals surface area contributed by atoms with Gasteiger partial charge in [-0.2, -0.15) is 0 Å². The van der Waals surface area contributed by atoms with Crippen molar-refractivity contribution in [2.75, 3.05) is 46.3 Å². The van der Waals surface area contributed by atoms with Crippen LogP contribution in [0.4, 0.5) is 0 Å². The first kappa shape index (κ1) is 21.2. The second kappa shape index (κ2) is 9.81. The Morgan fingerprint density at radius 1 is 1.28 bits per heavy atom. The third-order valence-corrected chi connectivity index (χ3v) is 6.04. The van der Waals surface area contributed by atoms with Crippen LogP contribution in [0.3, 0.4) is 0 Å². The Kier molecular flexibility index (Phi) is 7.18. The van der Waals surface area contributed by atoms with Crippen molar-refractivity contribution >= 4 is 16.0 Å². The Balaban J connectivity index is 1.41. The fraction of sp³-hybridized carbons (Fsp3) is 0.500. The quantitative estimate of drug-likeness (QED) is 0.366. The monoisotopic (exact) mass is 421 g/mol. The van der Waals surface area contributed by atoms with Crippen LogP contribution in [-0.2, 0) is 16.6 Å².